The molecule has 0 saturated heterocycles. The Morgan fingerprint density at radius 3 is 2.65 bits per heavy atom. The molecule has 1 atom stereocenters. The van der Waals surface area contributed by atoms with E-state index >= 15 is 0 Å². The van der Waals surface area contributed by atoms with Crippen molar-refractivity contribution in [1.29, 1.82) is 0 Å². The fourth-order valence-electron chi connectivity index (χ4n) is 3.76. The number of rotatable bonds is 12. The number of likely N-dealkylation sites (N-methyl/N-ethyl adjacent to an activating group) is 1. The summed E-state index contributed by atoms with van der Waals surface area (Å²) in [6.45, 7) is 1.31. The smallest absolute Gasteiger partial charge is 0.257 e. The average molecular weight is 489 g/mol. The molecule has 10 heteroatoms. The molecule has 2 amide bonds. The molecule has 2 heterocycles. The first-order valence-corrected chi connectivity index (χ1v) is 11.9. The third kappa shape index (κ3) is 6.55. The van der Waals surface area contributed by atoms with Crippen molar-refractivity contribution in [2.45, 2.75) is 18.9 Å². The molecule has 9 nitrogen and oxygen atoms in total. The number of carbonyl (C=O) groups excluding carboxylic acids is 2. The van der Waals surface area contributed by atoms with Crippen LogP contribution in [0.3, 0.4) is 0 Å². The standard InChI is InChI=1S/C24H32N4O5S/c1-27(15-23(29)25-10-6-11-31-2)16-24(30)28-19(14-18(26-28)22-7-5-12-34-22)17-8-9-20(32-3)21(13-17)33-4/h5,7-9,12-13,19H,6,10-11,14-16H2,1-4H3,(H,25,29). The first-order chi connectivity index (χ1) is 16.5. The average Bonchev–Trinajstić information content (AvgIpc) is 3.51. The largest absolute Gasteiger partial charge is 0.493 e. The number of hydrogen-bond acceptors (Lipinski definition) is 8. The Balaban J connectivity index is 1.72. The quantitative estimate of drug-likeness (QED) is 0.462. The van der Waals surface area contributed by atoms with Crippen molar-refractivity contribution in [3.8, 4) is 11.5 Å². The molecule has 1 aliphatic rings. The molecule has 1 N–H and O–H groups in total. The number of hydrogen-bond donors (Lipinski definition) is 1. The van der Waals surface area contributed by atoms with Crippen molar-refractivity contribution < 1.29 is 23.8 Å². The number of amides is 2. The lowest BCUT2D eigenvalue weighted by Crippen LogP contribution is -2.41. The minimum atomic E-state index is -0.277. The topological polar surface area (TPSA) is 92.7 Å². The van der Waals surface area contributed by atoms with E-state index in [4.69, 9.17) is 14.2 Å². The first kappa shape index (κ1) is 25.7. The molecule has 3 rings (SSSR count). The Morgan fingerprint density at radius 2 is 1.97 bits per heavy atom. The lowest BCUT2D eigenvalue weighted by atomic mass is 10.0. The molecule has 0 aliphatic carbocycles. The van der Waals surface area contributed by atoms with Crippen molar-refractivity contribution in [3.05, 3.63) is 46.2 Å². The highest BCUT2D eigenvalue weighted by atomic mass is 32.1. The van der Waals surface area contributed by atoms with Crippen molar-refractivity contribution in [1.82, 2.24) is 15.2 Å². The molecule has 0 radical (unpaired) electrons. The van der Waals surface area contributed by atoms with Gasteiger partial charge in [-0.15, -0.1) is 11.3 Å². The second-order valence-electron chi connectivity index (χ2n) is 7.97. The van der Waals surface area contributed by atoms with E-state index in [9.17, 15) is 9.59 Å². The van der Waals surface area contributed by atoms with Crippen LogP contribution in [0.15, 0.2) is 40.8 Å². The molecule has 0 bridgehead atoms. The van der Waals surface area contributed by atoms with Gasteiger partial charge in [-0.1, -0.05) is 12.1 Å². The second kappa shape index (κ2) is 12.5. The van der Waals surface area contributed by atoms with Crippen LogP contribution in [0.5, 0.6) is 11.5 Å². The molecule has 1 unspecified atom stereocenters. The van der Waals surface area contributed by atoms with E-state index in [0.29, 0.717) is 31.1 Å². The first-order valence-electron chi connectivity index (χ1n) is 11.1. The number of carbonyl (C=O) groups is 2. The van der Waals surface area contributed by atoms with Gasteiger partial charge in [0.1, 0.15) is 0 Å². The fourth-order valence-corrected chi connectivity index (χ4v) is 4.48. The Morgan fingerprint density at radius 1 is 1.18 bits per heavy atom. The van der Waals surface area contributed by atoms with Gasteiger partial charge in [0.05, 0.1) is 43.9 Å². The lowest BCUT2D eigenvalue weighted by molar-refractivity contribution is -0.134. The van der Waals surface area contributed by atoms with Crippen LogP contribution in [-0.2, 0) is 14.3 Å². The minimum Gasteiger partial charge on any atom is -0.493 e. The maximum atomic E-state index is 13.3. The van der Waals surface area contributed by atoms with E-state index in [2.05, 4.69) is 10.4 Å². The van der Waals surface area contributed by atoms with Crippen molar-refractivity contribution in [3.63, 3.8) is 0 Å². The molecule has 1 aromatic carbocycles. The third-order valence-corrected chi connectivity index (χ3v) is 6.35. The summed E-state index contributed by atoms with van der Waals surface area (Å²) in [6, 6.07) is 9.34. The third-order valence-electron chi connectivity index (χ3n) is 5.43. The van der Waals surface area contributed by atoms with Crippen LogP contribution in [-0.4, -0.2) is 82.1 Å². The van der Waals surface area contributed by atoms with Crippen LogP contribution in [0.4, 0.5) is 0 Å². The van der Waals surface area contributed by atoms with Gasteiger partial charge in [0.15, 0.2) is 11.5 Å². The van der Waals surface area contributed by atoms with Crippen LogP contribution in [0.2, 0.25) is 0 Å². The van der Waals surface area contributed by atoms with Crippen LogP contribution in [0.1, 0.15) is 29.3 Å². The molecule has 1 aromatic heterocycles. The summed E-state index contributed by atoms with van der Waals surface area (Å²) in [5.41, 5.74) is 1.77. The summed E-state index contributed by atoms with van der Waals surface area (Å²) in [5.74, 6) is 0.907. The lowest BCUT2D eigenvalue weighted by Gasteiger charge is -2.25. The molecule has 2 aromatic rings. The van der Waals surface area contributed by atoms with E-state index in [1.165, 1.54) is 5.01 Å². The van der Waals surface area contributed by atoms with Gasteiger partial charge in [0.25, 0.3) is 5.91 Å². The maximum absolute atomic E-state index is 13.3. The molecule has 0 spiro atoms. The van der Waals surface area contributed by atoms with Gasteiger partial charge in [-0.3, -0.25) is 14.5 Å². The Bertz CT molecular complexity index is 995. The number of nitrogens with one attached hydrogen (secondary N) is 1. The highest BCUT2D eigenvalue weighted by molar-refractivity contribution is 7.12. The molecule has 184 valence electrons. The molecule has 0 saturated carbocycles. The van der Waals surface area contributed by atoms with E-state index in [-0.39, 0.29) is 30.9 Å². The normalized spacial score (nSPS) is 15.4. The van der Waals surface area contributed by atoms with Crippen molar-refractivity contribution in [2.75, 3.05) is 54.6 Å². The number of thiophene rings is 1. The van der Waals surface area contributed by atoms with Gasteiger partial charge in [-0.05, 0) is 42.6 Å². The van der Waals surface area contributed by atoms with E-state index in [0.717, 1.165) is 22.6 Å². The summed E-state index contributed by atoms with van der Waals surface area (Å²) < 4.78 is 15.8. The Kier molecular flexibility index (Phi) is 9.43. The molecule has 0 fully saturated rings. The van der Waals surface area contributed by atoms with Crippen LogP contribution in [0.25, 0.3) is 0 Å². The summed E-state index contributed by atoms with van der Waals surface area (Å²) >= 11 is 1.59. The van der Waals surface area contributed by atoms with Crippen LogP contribution in [0, 0.1) is 0 Å². The maximum Gasteiger partial charge on any atom is 0.257 e. The number of hydrazone groups is 1. The summed E-state index contributed by atoms with van der Waals surface area (Å²) in [6.07, 6.45) is 1.33. The predicted molar refractivity (Wildman–Crippen MR) is 132 cm³/mol. The molecule has 34 heavy (non-hydrogen) atoms. The van der Waals surface area contributed by atoms with Crippen molar-refractivity contribution in [2.24, 2.45) is 5.10 Å². The molecule has 1 aliphatic heterocycles. The fraction of sp³-hybridized carbons (Fsp3) is 0.458. The van der Waals surface area contributed by atoms with Gasteiger partial charge >= 0.3 is 0 Å². The Labute approximate surface area is 204 Å². The van der Waals surface area contributed by atoms with Crippen molar-refractivity contribution >= 4 is 28.9 Å². The minimum absolute atomic E-state index is 0.0660. The van der Waals surface area contributed by atoms with Gasteiger partial charge in [0, 0.05) is 26.7 Å². The van der Waals surface area contributed by atoms with Gasteiger partial charge in [-0.25, -0.2) is 5.01 Å². The predicted octanol–water partition coefficient (Wildman–Crippen LogP) is 2.53. The number of ether oxygens (including phenoxy) is 3. The monoisotopic (exact) mass is 488 g/mol. The van der Waals surface area contributed by atoms with E-state index in [1.54, 1.807) is 44.6 Å². The van der Waals surface area contributed by atoms with Gasteiger partial charge < -0.3 is 19.5 Å². The van der Waals surface area contributed by atoms with E-state index < -0.39 is 0 Å². The zero-order valence-electron chi connectivity index (χ0n) is 20.1. The zero-order chi connectivity index (χ0) is 24.5. The number of nitrogens with zero attached hydrogens (tertiary/aromatic N) is 3. The Hall–Kier alpha value is -2.95. The summed E-state index contributed by atoms with van der Waals surface area (Å²) in [4.78, 5) is 28.2. The number of benzene rings is 1. The highest BCUT2D eigenvalue weighted by Gasteiger charge is 2.34. The van der Waals surface area contributed by atoms with Gasteiger partial charge in [0.2, 0.25) is 5.91 Å². The summed E-state index contributed by atoms with van der Waals surface area (Å²) in [5, 5.41) is 11.0. The SMILES string of the molecule is COCCCNC(=O)CN(C)CC(=O)N1N=C(c2cccs2)CC1c1ccc(OC)c(OC)c1. The zero-order valence-corrected chi connectivity index (χ0v) is 20.9. The summed E-state index contributed by atoms with van der Waals surface area (Å²) in [7, 11) is 6.55. The second-order valence-corrected chi connectivity index (χ2v) is 8.91. The molecular formula is C24H32N4O5S. The highest BCUT2D eigenvalue weighted by Crippen LogP contribution is 2.37. The van der Waals surface area contributed by atoms with E-state index in [1.807, 2.05) is 35.7 Å². The van der Waals surface area contributed by atoms with Crippen LogP contribution >= 0.6 is 11.3 Å². The number of methoxy groups -OCH3 is 3. The van der Waals surface area contributed by atoms with Crippen LogP contribution < -0.4 is 14.8 Å². The van der Waals surface area contributed by atoms with Gasteiger partial charge in [-0.2, -0.15) is 5.10 Å². The molecular weight excluding hydrogens is 456 g/mol.